The molecule has 0 radical (unpaired) electrons. The summed E-state index contributed by atoms with van der Waals surface area (Å²) in [5.41, 5.74) is 3.27. The lowest BCUT2D eigenvalue weighted by molar-refractivity contribution is 0.604. The maximum atomic E-state index is 13.3. The van der Waals surface area contributed by atoms with Gasteiger partial charge in [-0.2, -0.15) is 0 Å². The van der Waals surface area contributed by atoms with Gasteiger partial charge in [-0.3, -0.25) is 0 Å². The van der Waals surface area contributed by atoms with Crippen molar-refractivity contribution in [2.24, 2.45) is 0 Å². The summed E-state index contributed by atoms with van der Waals surface area (Å²) in [4.78, 5) is 4.21. The lowest BCUT2D eigenvalue weighted by Crippen LogP contribution is -2.03. The van der Waals surface area contributed by atoms with Crippen molar-refractivity contribution in [2.75, 3.05) is 0 Å². The van der Waals surface area contributed by atoms with E-state index in [0.717, 1.165) is 30.5 Å². The molecule has 0 spiro atoms. The lowest BCUT2D eigenvalue weighted by atomic mass is 10.1. The van der Waals surface area contributed by atoms with E-state index in [0.29, 0.717) is 0 Å². The zero-order valence-electron chi connectivity index (χ0n) is 11.7. The number of aryl methyl sites for hydroxylation is 4. The molecule has 0 N–H and O–H groups in total. The van der Waals surface area contributed by atoms with E-state index in [9.17, 15) is 4.39 Å². The molecular formula is C16H21FN2. The summed E-state index contributed by atoms with van der Waals surface area (Å²) in [5, 5.41) is 0. The molecule has 1 heterocycles. The van der Waals surface area contributed by atoms with Crippen LogP contribution in [0.1, 0.15) is 36.6 Å². The van der Waals surface area contributed by atoms with E-state index in [-0.39, 0.29) is 5.82 Å². The van der Waals surface area contributed by atoms with Gasteiger partial charge >= 0.3 is 0 Å². The Balaban J connectivity index is 2.00. The molecule has 0 aliphatic heterocycles. The summed E-state index contributed by atoms with van der Waals surface area (Å²) in [6, 6.07) is 5.24. The predicted octanol–water partition coefficient (Wildman–Crippen LogP) is 3.92. The maximum absolute atomic E-state index is 13.3. The molecule has 102 valence electrons. The summed E-state index contributed by atoms with van der Waals surface area (Å²) >= 11 is 0. The third-order valence-corrected chi connectivity index (χ3v) is 3.32. The molecule has 0 saturated heterocycles. The molecule has 2 nitrogen and oxygen atoms in total. The molecule has 2 rings (SSSR count). The fourth-order valence-electron chi connectivity index (χ4n) is 2.31. The van der Waals surface area contributed by atoms with Crippen LogP contribution in [0.4, 0.5) is 4.39 Å². The van der Waals surface area contributed by atoms with E-state index in [1.54, 1.807) is 12.1 Å². The van der Waals surface area contributed by atoms with Crippen LogP contribution in [0.15, 0.2) is 30.7 Å². The number of unbranched alkanes of at least 4 members (excludes halogenated alkanes) is 1. The predicted molar refractivity (Wildman–Crippen MR) is 75.7 cm³/mol. The number of benzene rings is 1. The first-order valence-electron chi connectivity index (χ1n) is 6.94. The molecule has 2 aromatic rings. The van der Waals surface area contributed by atoms with E-state index >= 15 is 0 Å². The molecule has 1 aromatic heterocycles. The van der Waals surface area contributed by atoms with Crippen LogP contribution in [0.2, 0.25) is 0 Å². The van der Waals surface area contributed by atoms with E-state index in [1.165, 1.54) is 18.5 Å². The van der Waals surface area contributed by atoms with Gasteiger partial charge in [-0.25, -0.2) is 9.37 Å². The highest BCUT2D eigenvalue weighted by molar-refractivity contribution is 5.24. The molecule has 0 unspecified atom stereocenters. The van der Waals surface area contributed by atoms with Crippen LogP contribution in [0, 0.1) is 12.7 Å². The molecular weight excluding hydrogens is 239 g/mol. The molecule has 0 atom stereocenters. The van der Waals surface area contributed by atoms with Gasteiger partial charge in [0.25, 0.3) is 0 Å². The molecule has 0 fully saturated rings. The topological polar surface area (TPSA) is 17.8 Å². The van der Waals surface area contributed by atoms with Crippen molar-refractivity contribution < 1.29 is 4.39 Å². The SMILES string of the molecule is CCCCn1cncc1CCc1cc(C)cc(F)c1. The Labute approximate surface area is 114 Å². The smallest absolute Gasteiger partial charge is 0.123 e. The van der Waals surface area contributed by atoms with Crippen LogP contribution in [-0.2, 0) is 19.4 Å². The van der Waals surface area contributed by atoms with Crippen molar-refractivity contribution in [3.63, 3.8) is 0 Å². The summed E-state index contributed by atoms with van der Waals surface area (Å²) in [5.74, 6) is -0.144. The lowest BCUT2D eigenvalue weighted by Gasteiger charge is -2.08. The number of imidazole rings is 1. The van der Waals surface area contributed by atoms with Gasteiger partial charge in [-0.15, -0.1) is 0 Å². The van der Waals surface area contributed by atoms with Gasteiger partial charge in [-0.1, -0.05) is 19.4 Å². The highest BCUT2D eigenvalue weighted by Gasteiger charge is 2.04. The summed E-state index contributed by atoms with van der Waals surface area (Å²) in [6.45, 7) is 5.14. The zero-order valence-corrected chi connectivity index (χ0v) is 11.7. The average molecular weight is 260 g/mol. The number of hydrogen-bond donors (Lipinski definition) is 0. The van der Waals surface area contributed by atoms with Crippen molar-refractivity contribution in [1.29, 1.82) is 0 Å². The number of halogens is 1. The van der Waals surface area contributed by atoms with Gasteiger partial charge in [0.1, 0.15) is 5.82 Å². The fraction of sp³-hybridized carbons (Fsp3) is 0.438. The van der Waals surface area contributed by atoms with Gasteiger partial charge in [0.05, 0.1) is 6.33 Å². The molecule has 19 heavy (non-hydrogen) atoms. The number of hydrogen-bond acceptors (Lipinski definition) is 1. The number of rotatable bonds is 6. The minimum absolute atomic E-state index is 0.144. The van der Waals surface area contributed by atoms with E-state index in [4.69, 9.17) is 0 Å². The van der Waals surface area contributed by atoms with Crippen molar-refractivity contribution >= 4 is 0 Å². The average Bonchev–Trinajstić information content (AvgIpc) is 2.80. The highest BCUT2D eigenvalue weighted by atomic mass is 19.1. The van der Waals surface area contributed by atoms with Gasteiger partial charge in [0, 0.05) is 18.4 Å². The monoisotopic (exact) mass is 260 g/mol. The second kappa shape index (κ2) is 6.50. The quantitative estimate of drug-likeness (QED) is 0.770. The Bertz CT molecular complexity index is 511. The minimum Gasteiger partial charge on any atom is -0.335 e. The van der Waals surface area contributed by atoms with Crippen LogP contribution in [0.25, 0.3) is 0 Å². The number of nitrogens with zero attached hydrogens (tertiary/aromatic N) is 2. The number of aromatic nitrogens is 2. The highest BCUT2D eigenvalue weighted by Crippen LogP contribution is 2.12. The molecule has 0 bridgehead atoms. The Morgan fingerprint density at radius 1 is 1.21 bits per heavy atom. The van der Waals surface area contributed by atoms with Crippen LogP contribution >= 0.6 is 0 Å². The Morgan fingerprint density at radius 2 is 2.05 bits per heavy atom. The molecule has 0 aliphatic carbocycles. The van der Waals surface area contributed by atoms with E-state index in [2.05, 4.69) is 22.5 Å². The Morgan fingerprint density at radius 3 is 2.79 bits per heavy atom. The van der Waals surface area contributed by atoms with Crippen molar-refractivity contribution in [3.05, 3.63) is 53.4 Å². The molecule has 0 amide bonds. The standard InChI is InChI=1S/C16H21FN2/c1-3-4-7-19-12-18-11-16(19)6-5-14-8-13(2)9-15(17)10-14/h8-12H,3-7H2,1-2H3. The van der Waals surface area contributed by atoms with E-state index < -0.39 is 0 Å². The van der Waals surface area contributed by atoms with Crippen LogP contribution < -0.4 is 0 Å². The normalized spacial score (nSPS) is 10.9. The largest absolute Gasteiger partial charge is 0.335 e. The van der Waals surface area contributed by atoms with Crippen LogP contribution in [-0.4, -0.2) is 9.55 Å². The summed E-state index contributed by atoms with van der Waals surface area (Å²) < 4.78 is 15.5. The first-order valence-corrected chi connectivity index (χ1v) is 6.94. The Kier molecular flexibility index (Phi) is 4.72. The maximum Gasteiger partial charge on any atom is 0.123 e. The van der Waals surface area contributed by atoms with Gasteiger partial charge < -0.3 is 4.57 Å². The van der Waals surface area contributed by atoms with Gasteiger partial charge in [-0.05, 0) is 49.4 Å². The van der Waals surface area contributed by atoms with Crippen molar-refractivity contribution in [1.82, 2.24) is 9.55 Å². The van der Waals surface area contributed by atoms with Crippen molar-refractivity contribution in [3.8, 4) is 0 Å². The molecule has 0 saturated carbocycles. The fourth-order valence-corrected chi connectivity index (χ4v) is 2.31. The molecule has 1 aromatic carbocycles. The Hall–Kier alpha value is -1.64. The minimum atomic E-state index is -0.144. The summed E-state index contributed by atoms with van der Waals surface area (Å²) in [6.07, 6.45) is 7.93. The third-order valence-electron chi connectivity index (χ3n) is 3.32. The van der Waals surface area contributed by atoms with Gasteiger partial charge in [0.15, 0.2) is 0 Å². The third kappa shape index (κ3) is 3.91. The first kappa shape index (κ1) is 13.8. The molecule has 0 aliphatic rings. The van der Waals surface area contributed by atoms with E-state index in [1.807, 2.05) is 19.4 Å². The summed E-state index contributed by atoms with van der Waals surface area (Å²) in [7, 11) is 0. The van der Waals surface area contributed by atoms with Crippen molar-refractivity contribution in [2.45, 2.75) is 46.1 Å². The first-order chi connectivity index (χ1) is 9.19. The molecule has 3 heteroatoms. The second-order valence-electron chi connectivity index (χ2n) is 5.07. The zero-order chi connectivity index (χ0) is 13.7. The van der Waals surface area contributed by atoms with Gasteiger partial charge in [0.2, 0.25) is 0 Å². The second-order valence-corrected chi connectivity index (χ2v) is 5.07. The van der Waals surface area contributed by atoms with Crippen LogP contribution in [0.3, 0.4) is 0 Å². The van der Waals surface area contributed by atoms with Crippen LogP contribution in [0.5, 0.6) is 0 Å².